The van der Waals surface area contributed by atoms with E-state index in [1.807, 2.05) is 32.3 Å². The number of ether oxygens (including phenoxy) is 2. The van der Waals surface area contributed by atoms with E-state index in [9.17, 15) is 0 Å². The highest BCUT2D eigenvalue weighted by Gasteiger charge is 2.06. The Morgan fingerprint density at radius 3 is 2.38 bits per heavy atom. The van der Waals surface area contributed by atoms with E-state index >= 15 is 0 Å². The van der Waals surface area contributed by atoms with Gasteiger partial charge >= 0.3 is 0 Å². The second-order valence-electron chi connectivity index (χ2n) is 5.68. The quantitative estimate of drug-likeness (QED) is 0.384. The minimum atomic E-state index is 0. The van der Waals surface area contributed by atoms with Crippen LogP contribution in [-0.2, 0) is 6.54 Å². The molecule has 0 unspecified atom stereocenters. The van der Waals surface area contributed by atoms with Crippen molar-refractivity contribution in [2.45, 2.75) is 6.54 Å². The summed E-state index contributed by atoms with van der Waals surface area (Å²) in [5.41, 5.74) is 3.22. The number of hydrogen-bond donors (Lipinski definition) is 2. The predicted molar refractivity (Wildman–Crippen MR) is 120 cm³/mol. The summed E-state index contributed by atoms with van der Waals surface area (Å²) in [4.78, 5) is 6.35. The lowest BCUT2D eigenvalue weighted by molar-refractivity contribution is 0.355. The Hall–Kier alpha value is -2.16. The Morgan fingerprint density at radius 1 is 1.04 bits per heavy atom. The first kappa shape index (κ1) is 21.9. The van der Waals surface area contributed by atoms with Crippen LogP contribution in [0, 0.1) is 0 Å². The van der Waals surface area contributed by atoms with Gasteiger partial charge in [0.1, 0.15) is 0 Å². The summed E-state index contributed by atoms with van der Waals surface area (Å²) in [6.07, 6.45) is 0. The van der Waals surface area contributed by atoms with Gasteiger partial charge in [-0.3, -0.25) is 4.99 Å². The van der Waals surface area contributed by atoms with Crippen LogP contribution in [-0.4, -0.2) is 41.3 Å². The van der Waals surface area contributed by atoms with Crippen molar-refractivity contribution >= 4 is 41.3 Å². The molecule has 0 atom stereocenters. The smallest absolute Gasteiger partial charge is 0.195 e. The molecular formula is C19H27IN4O2. The van der Waals surface area contributed by atoms with Crippen molar-refractivity contribution in [2.75, 3.05) is 45.6 Å². The number of rotatable bonds is 6. The molecule has 0 bridgehead atoms. The van der Waals surface area contributed by atoms with E-state index in [4.69, 9.17) is 9.47 Å². The lowest BCUT2D eigenvalue weighted by atomic mass is 10.2. The number of anilines is 2. The zero-order chi connectivity index (χ0) is 18.2. The van der Waals surface area contributed by atoms with E-state index in [-0.39, 0.29) is 24.0 Å². The van der Waals surface area contributed by atoms with Gasteiger partial charge in [-0.2, -0.15) is 0 Å². The molecule has 0 heterocycles. The third-order valence-corrected chi connectivity index (χ3v) is 3.76. The van der Waals surface area contributed by atoms with Crippen molar-refractivity contribution in [1.82, 2.24) is 5.32 Å². The van der Waals surface area contributed by atoms with Crippen molar-refractivity contribution in [3.05, 3.63) is 48.0 Å². The molecule has 7 heteroatoms. The minimum absolute atomic E-state index is 0. The maximum atomic E-state index is 5.33. The van der Waals surface area contributed by atoms with Crippen molar-refractivity contribution in [2.24, 2.45) is 4.99 Å². The number of guanidine groups is 1. The van der Waals surface area contributed by atoms with Gasteiger partial charge in [0.15, 0.2) is 17.5 Å². The Balaban J connectivity index is 0.00000338. The monoisotopic (exact) mass is 470 g/mol. The molecule has 0 fully saturated rings. The zero-order valence-electron chi connectivity index (χ0n) is 15.9. The summed E-state index contributed by atoms with van der Waals surface area (Å²) >= 11 is 0. The van der Waals surface area contributed by atoms with Gasteiger partial charge in [-0.25, -0.2) is 0 Å². The van der Waals surface area contributed by atoms with Crippen LogP contribution < -0.4 is 25.0 Å². The fourth-order valence-electron chi connectivity index (χ4n) is 2.36. The van der Waals surface area contributed by atoms with Crippen LogP contribution in [0.5, 0.6) is 11.5 Å². The third kappa shape index (κ3) is 5.98. The lowest BCUT2D eigenvalue weighted by Crippen LogP contribution is -2.30. The van der Waals surface area contributed by atoms with Crippen LogP contribution in [0.3, 0.4) is 0 Å². The van der Waals surface area contributed by atoms with Crippen molar-refractivity contribution < 1.29 is 9.47 Å². The Labute approximate surface area is 172 Å². The number of methoxy groups -OCH3 is 2. The number of aliphatic imine (C=N–C) groups is 1. The second kappa shape index (κ2) is 10.7. The molecule has 0 radical (unpaired) electrons. The second-order valence-corrected chi connectivity index (χ2v) is 5.68. The van der Waals surface area contributed by atoms with E-state index in [0.29, 0.717) is 24.0 Å². The van der Waals surface area contributed by atoms with Gasteiger partial charge in [0.25, 0.3) is 0 Å². The molecule has 2 rings (SSSR count). The van der Waals surface area contributed by atoms with E-state index in [1.54, 1.807) is 21.3 Å². The molecule has 0 aliphatic carbocycles. The molecule has 2 aromatic carbocycles. The highest BCUT2D eigenvalue weighted by molar-refractivity contribution is 14.0. The first-order chi connectivity index (χ1) is 12.1. The highest BCUT2D eigenvalue weighted by Crippen LogP contribution is 2.29. The van der Waals surface area contributed by atoms with Gasteiger partial charge in [-0.1, -0.05) is 12.1 Å². The lowest BCUT2D eigenvalue weighted by Gasteiger charge is -2.16. The topological polar surface area (TPSA) is 58.1 Å². The number of hydrogen-bond acceptors (Lipinski definition) is 4. The van der Waals surface area contributed by atoms with Crippen LogP contribution in [0.15, 0.2) is 47.5 Å². The van der Waals surface area contributed by atoms with E-state index in [0.717, 1.165) is 5.69 Å². The molecule has 0 aliphatic rings. The summed E-state index contributed by atoms with van der Waals surface area (Å²) in [5.74, 6) is 2.04. The highest BCUT2D eigenvalue weighted by atomic mass is 127. The summed E-state index contributed by atoms with van der Waals surface area (Å²) < 4.78 is 10.6. The molecule has 6 nitrogen and oxygen atoms in total. The van der Waals surface area contributed by atoms with E-state index < -0.39 is 0 Å². The molecule has 0 saturated heterocycles. The Bertz CT molecular complexity index is 735. The summed E-state index contributed by atoms with van der Waals surface area (Å²) in [6.45, 7) is 0.675. The van der Waals surface area contributed by atoms with Crippen molar-refractivity contribution in [3.63, 3.8) is 0 Å². The van der Waals surface area contributed by atoms with Gasteiger partial charge in [-0.05, 0) is 29.8 Å². The summed E-state index contributed by atoms with van der Waals surface area (Å²) in [6, 6.07) is 14.0. The van der Waals surface area contributed by atoms with Gasteiger partial charge < -0.3 is 25.0 Å². The SMILES string of the molecule is CN=C(NCc1cccc(N(C)C)c1)Nc1ccc(OC)c(OC)c1.I. The van der Waals surface area contributed by atoms with Crippen LogP contribution in [0.25, 0.3) is 0 Å². The summed E-state index contributed by atoms with van der Waals surface area (Å²) in [5, 5.41) is 6.57. The van der Waals surface area contributed by atoms with Crippen LogP contribution in [0.4, 0.5) is 11.4 Å². The van der Waals surface area contributed by atoms with Gasteiger partial charge in [0.2, 0.25) is 0 Å². The standard InChI is InChI=1S/C19H26N4O2.HI/c1-20-19(21-13-14-7-6-8-16(11-14)23(2)3)22-15-9-10-17(24-4)18(12-15)25-5;/h6-12H,13H2,1-5H3,(H2,20,21,22);1H. The van der Waals surface area contributed by atoms with Gasteiger partial charge in [0, 0.05) is 45.1 Å². The first-order valence-corrected chi connectivity index (χ1v) is 8.03. The minimum Gasteiger partial charge on any atom is -0.493 e. The molecule has 0 saturated carbocycles. The van der Waals surface area contributed by atoms with Crippen LogP contribution >= 0.6 is 24.0 Å². The van der Waals surface area contributed by atoms with Gasteiger partial charge in [-0.15, -0.1) is 24.0 Å². The number of nitrogens with one attached hydrogen (secondary N) is 2. The number of nitrogens with zero attached hydrogens (tertiary/aromatic N) is 2. The third-order valence-electron chi connectivity index (χ3n) is 3.76. The maximum absolute atomic E-state index is 5.33. The van der Waals surface area contributed by atoms with Gasteiger partial charge in [0.05, 0.1) is 14.2 Å². The molecule has 0 aromatic heterocycles. The fraction of sp³-hybridized carbons (Fsp3) is 0.316. The van der Waals surface area contributed by atoms with Crippen molar-refractivity contribution in [1.29, 1.82) is 0 Å². The molecule has 0 spiro atoms. The molecule has 2 aromatic rings. The fourth-order valence-corrected chi connectivity index (χ4v) is 2.36. The predicted octanol–water partition coefficient (Wildman–Crippen LogP) is 3.58. The van der Waals surface area contributed by atoms with Crippen LogP contribution in [0.1, 0.15) is 5.56 Å². The first-order valence-electron chi connectivity index (χ1n) is 8.03. The average molecular weight is 470 g/mol. The molecule has 26 heavy (non-hydrogen) atoms. The molecule has 0 amide bonds. The number of benzene rings is 2. The zero-order valence-corrected chi connectivity index (χ0v) is 18.2. The maximum Gasteiger partial charge on any atom is 0.195 e. The van der Waals surface area contributed by atoms with E-state index in [1.165, 1.54) is 11.3 Å². The van der Waals surface area contributed by atoms with E-state index in [2.05, 4.69) is 44.8 Å². The Morgan fingerprint density at radius 2 is 1.77 bits per heavy atom. The number of halogens is 1. The molecule has 2 N–H and O–H groups in total. The molecule has 0 aliphatic heterocycles. The molecular weight excluding hydrogens is 443 g/mol. The average Bonchev–Trinajstić information content (AvgIpc) is 2.65. The summed E-state index contributed by atoms with van der Waals surface area (Å²) in [7, 11) is 9.04. The van der Waals surface area contributed by atoms with Crippen LogP contribution in [0.2, 0.25) is 0 Å². The van der Waals surface area contributed by atoms with Crippen molar-refractivity contribution in [3.8, 4) is 11.5 Å². The Kier molecular flexibility index (Phi) is 9.04. The normalized spacial score (nSPS) is 10.6. The largest absolute Gasteiger partial charge is 0.493 e. The molecule has 142 valence electrons.